The number of ketones is 1. The molecule has 20 heavy (non-hydrogen) atoms. The smallest absolute Gasteiger partial charge is 0.213 e. The van der Waals surface area contributed by atoms with Crippen LogP contribution in [0, 0.1) is 5.82 Å². The van der Waals surface area contributed by atoms with Gasteiger partial charge >= 0.3 is 0 Å². The van der Waals surface area contributed by atoms with Gasteiger partial charge in [-0.15, -0.1) is 0 Å². The number of nitrogens with zero attached hydrogens (tertiary/aromatic N) is 1. The Morgan fingerprint density at radius 3 is 2.45 bits per heavy atom. The van der Waals surface area contributed by atoms with Gasteiger partial charge in [0.1, 0.15) is 5.82 Å². The summed E-state index contributed by atoms with van der Waals surface area (Å²) in [6.45, 7) is 0. The standard InChI is InChI=1S/C15H11BrFNO2/c1-18(9-19)11-7-5-10(6-8-11)15(20)12-3-2-4-13(16)14(12)17/h2-9H,1H3. The van der Waals surface area contributed by atoms with E-state index in [9.17, 15) is 14.0 Å². The maximum Gasteiger partial charge on any atom is 0.213 e. The Kier molecular flexibility index (Phi) is 4.29. The lowest BCUT2D eigenvalue weighted by atomic mass is 10.0. The second-order valence-corrected chi connectivity index (χ2v) is 5.05. The number of benzene rings is 2. The molecular formula is C15H11BrFNO2. The number of carbonyl (C=O) groups excluding carboxylic acids is 2. The zero-order valence-electron chi connectivity index (χ0n) is 10.6. The molecule has 0 aromatic heterocycles. The SMILES string of the molecule is CN(C=O)c1ccc(C(=O)c2cccc(Br)c2F)cc1. The molecule has 0 radical (unpaired) electrons. The lowest BCUT2D eigenvalue weighted by Crippen LogP contribution is -2.13. The third-order valence-corrected chi connectivity index (χ3v) is 3.50. The van der Waals surface area contributed by atoms with Gasteiger partial charge in [0.15, 0.2) is 5.78 Å². The lowest BCUT2D eigenvalue weighted by Gasteiger charge is -2.11. The summed E-state index contributed by atoms with van der Waals surface area (Å²) in [4.78, 5) is 24.2. The largest absolute Gasteiger partial charge is 0.318 e. The van der Waals surface area contributed by atoms with E-state index in [1.54, 1.807) is 37.4 Å². The predicted molar refractivity (Wildman–Crippen MR) is 78.4 cm³/mol. The Bertz CT molecular complexity index is 655. The zero-order chi connectivity index (χ0) is 14.7. The van der Waals surface area contributed by atoms with Crippen LogP contribution < -0.4 is 4.90 Å². The van der Waals surface area contributed by atoms with Crippen LogP contribution in [-0.4, -0.2) is 19.2 Å². The Labute approximate surface area is 124 Å². The van der Waals surface area contributed by atoms with Crippen LogP contribution in [0.1, 0.15) is 15.9 Å². The molecule has 0 N–H and O–H groups in total. The highest BCUT2D eigenvalue weighted by Crippen LogP contribution is 2.22. The molecule has 0 saturated heterocycles. The number of hydrogen-bond donors (Lipinski definition) is 0. The minimum absolute atomic E-state index is 0.0101. The van der Waals surface area contributed by atoms with E-state index < -0.39 is 11.6 Å². The van der Waals surface area contributed by atoms with Crippen LogP contribution in [0.5, 0.6) is 0 Å². The fourth-order valence-electron chi connectivity index (χ4n) is 1.74. The quantitative estimate of drug-likeness (QED) is 0.634. The van der Waals surface area contributed by atoms with Crippen molar-refractivity contribution in [2.75, 3.05) is 11.9 Å². The molecule has 102 valence electrons. The van der Waals surface area contributed by atoms with E-state index >= 15 is 0 Å². The summed E-state index contributed by atoms with van der Waals surface area (Å²) in [6.07, 6.45) is 0.671. The van der Waals surface area contributed by atoms with Crippen LogP contribution in [0.3, 0.4) is 0 Å². The van der Waals surface area contributed by atoms with Crippen molar-refractivity contribution in [1.82, 2.24) is 0 Å². The molecule has 2 aromatic rings. The van der Waals surface area contributed by atoms with Gasteiger partial charge in [0.05, 0.1) is 10.0 Å². The van der Waals surface area contributed by atoms with Crippen LogP contribution >= 0.6 is 15.9 Å². The second-order valence-electron chi connectivity index (χ2n) is 4.19. The molecule has 0 heterocycles. The van der Waals surface area contributed by atoms with Gasteiger partial charge in [0, 0.05) is 18.3 Å². The topological polar surface area (TPSA) is 37.4 Å². The van der Waals surface area contributed by atoms with Crippen LogP contribution in [0.25, 0.3) is 0 Å². The van der Waals surface area contributed by atoms with Crippen molar-refractivity contribution in [3.8, 4) is 0 Å². The minimum atomic E-state index is -0.577. The first kappa shape index (κ1) is 14.4. The van der Waals surface area contributed by atoms with Gasteiger partial charge < -0.3 is 4.90 Å². The van der Waals surface area contributed by atoms with Gasteiger partial charge in [-0.3, -0.25) is 9.59 Å². The summed E-state index contributed by atoms with van der Waals surface area (Å²) in [5, 5.41) is 0. The van der Waals surface area contributed by atoms with E-state index in [-0.39, 0.29) is 10.0 Å². The number of rotatable bonds is 4. The van der Waals surface area contributed by atoms with E-state index in [1.807, 2.05) is 0 Å². The van der Waals surface area contributed by atoms with Crippen molar-refractivity contribution in [2.24, 2.45) is 0 Å². The summed E-state index contributed by atoms with van der Waals surface area (Å²) in [5.41, 5.74) is 1.03. The fraction of sp³-hybridized carbons (Fsp3) is 0.0667. The van der Waals surface area contributed by atoms with Crippen molar-refractivity contribution < 1.29 is 14.0 Å². The Hall–Kier alpha value is -2.01. The normalized spacial score (nSPS) is 10.2. The highest BCUT2D eigenvalue weighted by molar-refractivity contribution is 9.10. The molecule has 0 aliphatic carbocycles. The minimum Gasteiger partial charge on any atom is -0.318 e. The maximum absolute atomic E-state index is 13.9. The highest BCUT2D eigenvalue weighted by Gasteiger charge is 2.15. The highest BCUT2D eigenvalue weighted by atomic mass is 79.9. The number of amides is 1. The van der Waals surface area contributed by atoms with Crippen molar-refractivity contribution in [3.05, 3.63) is 63.9 Å². The van der Waals surface area contributed by atoms with Crippen molar-refractivity contribution >= 4 is 33.8 Å². The molecule has 0 aliphatic rings. The first-order valence-corrected chi connectivity index (χ1v) is 6.61. The van der Waals surface area contributed by atoms with E-state index in [1.165, 1.54) is 17.0 Å². The van der Waals surface area contributed by atoms with Gasteiger partial charge in [-0.1, -0.05) is 6.07 Å². The molecule has 0 atom stereocenters. The van der Waals surface area contributed by atoms with Crippen molar-refractivity contribution in [2.45, 2.75) is 0 Å². The van der Waals surface area contributed by atoms with E-state index in [4.69, 9.17) is 0 Å². The van der Waals surface area contributed by atoms with Gasteiger partial charge in [-0.2, -0.15) is 0 Å². The number of halogens is 2. The monoisotopic (exact) mass is 335 g/mol. The van der Waals surface area contributed by atoms with Crippen LogP contribution in [0.15, 0.2) is 46.9 Å². The molecule has 0 saturated carbocycles. The molecule has 2 aromatic carbocycles. The number of hydrogen-bond acceptors (Lipinski definition) is 2. The molecule has 0 spiro atoms. The van der Waals surface area contributed by atoms with E-state index in [0.717, 1.165) is 0 Å². The van der Waals surface area contributed by atoms with E-state index in [2.05, 4.69) is 15.9 Å². The molecule has 0 bridgehead atoms. The zero-order valence-corrected chi connectivity index (χ0v) is 12.2. The van der Waals surface area contributed by atoms with Crippen molar-refractivity contribution in [1.29, 1.82) is 0 Å². The van der Waals surface area contributed by atoms with Crippen LogP contribution in [-0.2, 0) is 4.79 Å². The third kappa shape index (κ3) is 2.77. The molecule has 5 heteroatoms. The van der Waals surface area contributed by atoms with E-state index in [0.29, 0.717) is 17.7 Å². The summed E-state index contributed by atoms with van der Waals surface area (Å²) >= 11 is 3.05. The average Bonchev–Trinajstić information content (AvgIpc) is 2.48. The molecule has 1 amide bonds. The number of anilines is 1. The van der Waals surface area contributed by atoms with Gasteiger partial charge in [0.2, 0.25) is 6.41 Å². The molecular weight excluding hydrogens is 325 g/mol. The fourth-order valence-corrected chi connectivity index (χ4v) is 2.11. The molecule has 0 fully saturated rings. The van der Waals surface area contributed by atoms with Gasteiger partial charge in [0.25, 0.3) is 0 Å². The lowest BCUT2D eigenvalue weighted by molar-refractivity contribution is -0.107. The van der Waals surface area contributed by atoms with Crippen molar-refractivity contribution in [3.63, 3.8) is 0 Å². The second kappa shape index (κ2) is 5.96. The molecule has 3 nitrogen and oxygen atoms in total. The first-order chi connectivity index (χ1) is 9.54. The van der Waals surface area contributed by atoms with Gasteiger partial charge in [-0.05, 0) is 52.3 Å². The average molecular weight is 336 g/mol. The van der Waals surface area contributed by atoms with Crippen LogP contribution in [0.2, 0.25) is 0 Å². The summed E-state index contributed by atoms with van der Waals surface area (Å²) in [5.74, 6) is -0.976. The maximum atomic E-state index is 13.9. The Morgan fingerprint density at radius 1 is 1.20 bits per heavy atom. The number of carbonyl (C=O) groups is 2. The van der Waals surface area contributed by atoms with Crippen LogP contribution in [0.4, 0.5) is 10.1 Å². The molecule has 2 rings (SSSR count). The first-order valence-electron chi connectivity index (χ1n) is 5.81. The third-order valence-electron chi connectivity index (χ3n) is 2.89. The summed E-state index contributed by atoms with van der Waals surface area (Å²) in [7, 11) is 1.61. The molecule has 0 unspecified atom stereocenters. The predicted octanol–water partition coefficient (Wildman–Crippen LogP) is 3.41. The van der Waals surface area contributed by atoms with Gasteiger partial charge in [-0.25, -0.2) is 4.39 Å². The summed E-state index contributed by atoms with van der Waals surface area (Å²) in [6, 6.07) is 11.0. The Morgan fingerprint density at radius 2 is 1.85 bits per heavy atom. The Balaban J connectivity index is 2.34. The summed E-state index contributed by atoms with van der Waals surface area (Å²) < 4.78 is 14.1. The molecule has 0 aliphatic heterocycles.